The molecular weight excluding hydrogens is 524 g/mol. The van der Waals surface area contributed by atoms with Crippen LogP contribution in [0.4, 0.5) is 22.6 Å². The summed E-state index contributed by atoms with van der Waals surface area (Å²) in [5.41, 5.74) is 5.67. The number of anilines is 3. The fraction of sp³-hybridized carbons (Fsp3) is 0.179. The average molecular weight is 551 g/mol. The standard InChI is InChI=1S/C28H26N10OS/c1-17-9-8-12-19(15-17)26(39)33-25-24(35-36-27-34-23(37-38(27)2)18-10-4-3-5-11-18)29-16-22(31-25)32-28-30-20-13-6-7-14-21(20)40-28/h3-14,16-17,27H,15H2,1-2H3,(H,34,37)(H2,30,31,32,33,39). The van der Waals surface area contributed by atoms with Crippen molar-refractivity contribution in [3.8, 4) is 0 Å². The number of amides is 1. The third kappa shape index (κ3) is 5.63. The van der Waals surface area contributed by atoms with Crippen LogP contribution in [0, 0.1) is 5.92 Å². The second-order valence-electron chi connectivity index (χ2n) is 9.38. The Balaban J connectivity index is 1.28. The number of benzene rings is 2. The average Bonchev–Trinajstić information content (AvgIpc) is 3.55. The number of rotatable bonds is 7. The van der Waals surface area contributed by atoms with Crippen LogP contribution in [0.3, 0.4) is 0 Å². The molecular formula is C28H26N10OS. The highest BCUT2D eigenvalue weighted by Crippen LogP contribution is 2.30. The summed E-state index contributed by atoms with van der Waals surface area (Å²) in [4.78, 5) is 31.4. The van der Waals surface area contributed by atoms with E-state index in [0.29, 0.717) is 28.8 Å². The van der Waals surface area contributed by atoms with Crippen LogP contribution in [0.1, 0.15) is 18.9 Å². The zero-order chi connectivity index (χ0) is 27.5. The molecule has 2 aliphatic rings. The van der Waals surface area contributed by atoms with Crippen molar-refractivity contribution in [2.75, 3.05) is 17.7 Å². The van der Waals surface area contributed by atoms with Crippen molar-refractivity contribution in [1.82, 2.24) is 25.4 Å². The van der Waals surface area contributed by atoms with Crippen molar-refractivity contribution in [2.24, 2.45) is 21.1 Å². The third-order valence-corrected chi connectivity index (χ3v) is 7.21. The molecule has 0 radical (unpaired) electrons. The largest absolute Gasteiger partial charge is 0.315 e. The maximum absolute atomic E-state index is 13.1. The number of carbonyl (C=O) groups is 1. The lowest BCUT2D eigenvalue weighted by Gasteiger charge is -2.15. The predicted molar refractivity (Wildman–Crippen MR) is 157 cm³/mol. The van der Waals surface area contributed by atoms with Gasteiger partial charge in [-0.3, -0.25) is 10.2 Å². The van der Waals surface area contributed by atoms with E-state index in [1.54, 1.807) is 5.01 Å². The van der Waals surface area contributed by atoms with Gasteiger partial charge in [-0.15, -0.1) is 10.2 Å². The molecule has 2 unspecified atom stereocenters. The number of allylic oxidation sites excluding steroid dienone is 3. The molecule has 200 valence electrons. The maximum Gasteiger partial charge on any atom is 0.252 e. The molecule has 0 fully saturated rings. The molecule has 1 aliphatic heterocycles. The first-order valence-corrected chi connectivity index (χ1v) is 13.6. The number of carbonyl (C=O) groups excluding carboxylic acids is 1. The van der Waals surface area contributed by atoms with Crippen molar-refractivity contribution in [2.45, 2.75) is 19.6 Å². The zero-order valence-electron chi connectivity index (χ0n) is 21.8. The SMILES string of the molecule is CC1C=CC=C(C(=O)Nc2nc(Nc3nc4ccccc4s3)cnc2N=NC2N=C(c3ccccc3)NN2C)C1. The van der Waals surface area contributed by atoms with Gasteiger partial charge in [-0.25, -0.2) is 19.9 Å². The summed E-state index contributed by atoms with van der Waals surface area (Å²) >= 11 is 1.50. The van der Waals surface area contributed by atoms with Crippen LogP contribution < -0.4 is 16.1 Å². The lowest BCUT2D eigenvalue weighted by atomic mass is 9.95. The van der Waals surface area contributed by atoms with Crippen LogP contribution in [0.15, 0.2) is 99.8 Å². The Kier molecular flexibility index (Phi) is 7.08. The molecule has 0 bridgehead atoms. The molecule has 1 aliphatic carbocycles. The maximum atomic E-state index is 13.1. The number of para-hydroxylation sites is 1. The molecule has 2 atom stereocenters. The van der Waals surface area contributed by atoms with Gasteiger partial charge in [-0.05, 0) is 24.5 Å². The van der Waals surface area contributed by atoms with Crippen molar-refractivity contribution in [3.63, 3.8) is 0 Å². The van der Waals surface area contributed by atoms with Crippen molar-refractivity contribution < 1.29 is 4.79 Å². The van der Waals surface area contributed by atoms with E-state index in [1.165, 1.54) is 17.5 Å². The number of hydrazine groups is 1. The van der Waals surface area contributed by atoms with E-state index in [9.17, 15) is 4.79 Å². The van der Waals surface area contributed by atoms with Gasteiger partial charge in [0.05, 0.1) is 16.4 Å². The molecule has 2 aromatic carbocycles. The van der Waals surface area contributed by atoms with Gasteiger partial charge >= 0.3 is 0 Å². The summed E-state index contributed by atoms with van der Waals surface area (Å²) in [7, 11) is 1.83. The topological polar surface area (TPSA) is 132 Å². The first kappa shape index (κ1) is 25.5. The Morgan fingerprint density at radius 2 is 1.95 bits per heavy atom. The van der Waals surface area contributed by atoms with E-state index in [0.717, 1.165) is 15.8 Å². The summed E-state index contributed by atoms with van der Waals surface area (Å²) in [6, 6.07) is 17.6. The number of nitrogens with zero attached hydrogens (tertiary/aromatic N) is 7. The van der Waals surface area contributed by atoms with Crippen LogP contribution in [0.25, 0.3) is 10.2 Å². The zero-order valence-corrected chi connectivity index (χ0v) is 22.6. The van der Waals surface area contributed by atoms with Crippen LogP contribution in [0.5, 0.6) is 0 Å². The van der Waals surface area contributed by atoms with Gasteiger partial charge in [-0.1, -0.05) is 79.0 Å². The molecule has 6 rings (SSSR count). The summed E-state index contributed by atoms with van der Waals surface area (Å²) in [6.45, 7) is 2.06. The first-order chi connectivity index (χ1) is 19.5. The lowest BCUT2D eigenvalue weighted by molar-refractivity contribution is -0.113. The fourth-order valence-corrected chi connectivity index (χ4v) is 5.11. The second kappa shape index (κ2) is 11.1. The minimum absolute atomic E-state index is 0.167. The summed E-state index contributed by atoms with van der Waals surface area (Å²) in [6.07, 6.45) is 7.32. The lowest BCUT2D eigenvalue weighted by Crippen LogP contribution is -2.36. The highest BCUT2D eigenvalue weighted by Gasteiger charge is 2.24. The number of aromatic nitrogens is 3. The Morgan fingerprint density at radius 3 is 2.77 bits per heavy atom. The molecule has 3 heterocycles. The Labute approximate surface area is 234 Å². The molecule has 40 heavy (non-hydrogen) atoms. The number of aliphatic imine (C=N–C) groups is 1. The number of thiazole rings is 1. The van der Waals surface area contributed by atoms with E-state index in [1.807, 2.05) is 73.8 Å². The molecule has 4 aromatic rings. The van der Waals surface area contributed by atoms with Gasteiger partial charge in [0.15, 0.2) is 16.8 Å². The normalized spacial score (nSPS) is 18.9. The van der Waals surface area contributed by atoms with Gasteiger partial charge in [0.2, 0.25) is 12.1 Å². The van der Waals surface area contributed by atoms with E-state index in [4.69, 9.17) is 0 Å². The number of hydrogen-bond donors (Lipinski definition) is 3. The van der Waals surface area contributed by atoms with Gasteiger partial charge in [0.25, 0.3) is 5.91 Å². The molecule has 0 saturated heterocycles. The predicted octanol–water partition coefficient (Wildman–Crippen LogP) is 5.55. The van der Waals surface area contributed by atoms with E-state index < -0.39 is 6.29 Å². The number of azo groups is 1. The van der Waals surface area contributed by atoms with Crippen molar-refractivity contribution >= 4 is 55.9 Å². The molecule has 0 spiro atoms. The van der Waals surface area contributed by atoms with Crippen LogP contribution in [0.2, 0.25) is 0 Å². The molecule has 3 N–H and O–H groups in total. The monoisotopic (exact) mass is 550 g/mol. The molecule has 1 amide bonds. The van der Waals surface area contributed by atoms with Crippen LogP contribution in [-0.2, 0) is 4.79 Å². The second-order valence-corrected chi connectivity index (χ2v) is 10.4. The molecule has 12 heteroatoms. The van der Waals surface area contributed by atoms with E-state index >= 15 is 0 Å². The number of amidine groups is 1. The third-order valence-electron chi connectivity index (χ3n) is 6.26. The summed E-state index contributed by atoms with van der Waals surface area (Å²) in [5, 5.41) is 17.2. The molecule has 11 nitrogen and oxygen atoms in total. The van der Waals surface area contributed by atoms with Gasteiger partial charge < -0.3 is 10.6 Å². The minimum Gasteiger partial charge on any atom is -0.315 e. The van der Waals surface area contributed by atoms with Crippen LogP contribution in [-0.4, -0.2) is 45.0 Å². The minimum atomic E-state index is -0.617. The molecule has 2 aromatic heterocycles. The molecule has 0 saturated carbocycles. The van der Waals surface area contributed by atoms with Crippen molar-refractivity contribution in [3.05, 3.63) is 90.2 Å². The first-order valence-electron chi connectivity index (χ1n) is 12.7. The Hall–Kier alpha value is -4.81. The van der Waals surface area contributed by atoms with Crippen molar-refractivity contribution in [1.29, 1.82) is 0 Å². The Morgan fingerprint density at radius 1 is 1.12 bits per heavy atom. The highest BCUT2D eigenvalue weighted by molar-refractivity contribution is 7.22. The fourth-order valence-electron chi connectivity index (χ4n) is 4.24. The van der Waals surface area contributed by atoms with E-state index in [-0.39, 0.29) is 23.5 Å². The van der Waals surface area contributed by atoms with Gasteiger partial charge in [0.1, 0.15) is 5.84 Å². The van der Waals surface area contributed by atoms with Gasteiger partial charge in [-0.2, -0.15) is 5.01 Å². The Bertz CT molecular complexity index is 1640. The summed E-state index contributed by atoms with van der Waals surface area (Å²) < 4.78 is 1.05. The number of hydrogen-bond acceptors (Lipinski definition) is 11. The van der Waals surface area contributed by atoms with Gasteiger partial charge in [0, 0.05) is 18.2 Å². The van der Waals surface area contributed by atoms with E-state index in [2.05, 4.69) is 59.2 Å². The summed E-state index contributed by atoms with van der Waals surface area (Å²) in [5.74, 6) is 1.47. The quantitative estimate of drug-likeness (QED) is 0.257. The highest BCUT2D eigenvalue weighted by atomic mass is 32.1. The van der Waals surface area contributed by atoms with Crippen LogP contribution >= 0.6 is 11.3 Å². The number of fused-ring (bicyclic) bond motifs is 1. The smallest absolute Gasteiger partial charge is 0.252 e. The number of nitrogens with one attached hydrogen (secondary N) is 3.